The monoisotopic (exact) mass is 354 g/mol. The second-order valence-electron chi connectivity index (χ2n) is 7.38. The summed E-state index contributed by atoms with van der Waals surface area (Å²) in [5.74, 6) is 0.194. The van der Waals surface area contributed by atoms with E-state index in [9.17, 15) is 9.59 Å². The lowest BCUT2D eigenvalue weighted by Crippen LogP contribution is -2.47. The Morgan fingerprint density at radius 1 is 0.962 bits per heavy atom. The standard InChI is InChI=1S/C20H26N4O2/c1-22-10-12-23(13-11-22)19(25)6-7-20(26)24-9-8-18-16(14-24)15-4-2-3-5-17(15)21-18/h2-5,21H,6-14H2,1H3. The second-order valence-corrected chi connectivity index (χ2v) is 7.38. The molecule has 1 N–H and O–H groups in total. The number of carbonyl (C=O) groups is 2. The summed E-state index contributed by atoms with van der Waals surface area (Å²) in [6.45, 7) is 4.73. The molecule has 0 aliphatic carbocycles. The highest BCUT2D eigenvalue weighted by atomic mass is 16.2. The third kappa shape index (κ3) is 3.33. The lowest BCUT2D eigenvalue weighted by Gasteiger charge is -2.32. The lowest BCUT2D eigenvalue weighted by molar-refractivity contribution is -0.138. The lowest BCUT2D eigenvalue weighted by atomic mass is 10.0. The maximum absolute atomic E-state index is 12.6. The number of carbonyl (C=O) groups excluding carboxylic acids is 2. The van der Waals surface area contributed by atoms with E-state index in [1.165, 1.54) is 16.6 Å². The molecule has 0 atom stereocenters. The highest BCUT2D eigenvalue weighted by Crippen LogP contribution is 2.27. The van der Waals surface area contributed by atoms with Gasteiger partial charge in [-0.3, -0.25) is 9.59 Å². The molecule has 26 heavy (non-hydrogen) atoms. The van der Waals surface area contributed by atoms with Gasteiger partial charge in [-0.1, -0.05) is 18.2 Å². The van der Waals surface area contributed by atoms with Crippen molar-refractivity contribution in [1.82, 2.24) is 19.7 Å². The molecule has 0 radical (unpaired) electrons. The van der Waals surface area contributed by atoms with Gasteiger partial charge >= 0.3 is 0 Å². The molecule has 0 bridgehead atoms. The Bertz CT molecular complexity index is 820. The van der Waals surface area contributed by atoms with Gasteiger partial charge in [0.2, 0.25) is 11.8 Å². The van der Waals surface area contributed by atoms with E-state index in [2.05, 4.69) is 29.1 Å². The topological polar surface area (TPSA) is 59.7 Å². The number of aromatic amines is 1. The van der Waals surface area contributed by atoms with E-state index in [1.54, 1.807) is 0 Å². The number of H-pyrrole nitrogens is 1. The van der Waals surface area contributed by atoms with Crippen molar-refractivity contribution in [3.63, 3.8) is 0 Å². The van der Waals surface area contributed by atoms with Gasteiger partial charge in [-0.25, -0.2) is 0 Å². The maximum Gasteiger partial charge on any atom is 0.223 e. The van der Waals surface area contributed by atoms with Crippen LogP contribution in [0.15, 0.2) is 24.3 Å². The summed E-state index contributed by atoms with van der Waals surface area (Å²) in [4.78, 5) is 34.5. The third-order valence-corrected chi connectivity index (χ3v) is 5.64. The second kappa shape index (κ2) is 7.11. The Balaban J connectivity index is 1.35. The molecule has 1 aromatic heterocycles. The SMILES string of the molecule is CN1CCN(C(=O)CCC(=O)N2CCc3[nH]c4ccccc4c3C2)CC1. The molecule has 0 spiro atoms. The molecule has 0 unspecified atom stereocenters. The van der Waals surface area contributed by atoms with Gasteiger partial charge in [-0.2, -0.15) is 0 Å². The number of hydrogen-bond donors (Lipinski definition) is 1. The number of para-hydroxylation sites is 1. The molecule has 1 fully saturated rings. The summed E-state index contributed by atoms with van der Waals surface area (Å²) in [7, 11) is 2.07. The molecular weight excluding hydrogens is 328 g/mol. The van der Waals surface area contributed by atoms with Crippen LogP contribution in [-0.4, -0.2) is 71.3 Å². The molecule has 2 aromatic rings. The summed E-state index contributed by atoms with van der Waals surface area (Å²) in [6.07, 6.45) is 1.48. The molecule has 2 aliphatic heterocycles. The van der Waals surface area contributed by atoms with Crippen LogP contribution in [-0.2, 0) is 22.6 Å². The zero-order valence-corrected chi connectivity index (χ0v) is 15.3. The van der Waals surface area contributed by atoms with E-state index in [4.69, 9.17) is 0 Å². The first-order valence-electron chi connectivity index (χ1n) is 9.44. The molecule has 4 rings (SSSR count). The van der Waals surface area contributed by atoms with E-state index in [0.29, 0.717) is 19.4 Å². The van der Waals surface area contributed by atoms with Gasteiger partial charge in [0.25, 0.3) is 0 Å². The first-order chi connectivity index (χ1) is 12.6. The van der Waals surface area contributed by atoms with Crippen LogP contribution >= 0.6 is 0 Å². The fourth-order valence-corrected chi connectivity index (χ4v) is 3.97. The van der Waals surface area contributed by atoms with E-state index in [0.717, 1.165) is 44.7 Å². The fraction of sp³-hybridized carbons (Fsp3) is 0.500. The van der Waals surface area contributed by atoms with Crippen molar-refractivity contribution in [2.75, 3.05) is 39.8 Å². The van der Waals surface area contributed by atoms with Gasteiger partial charge in [0.05, 0.1) is 0 Å². The molecule has 1 aromatic carbocycles. The largest absolute Gasteiger partial charge is 0.358 e. The number of nitrogens with one attached hydrogen (secondary N) is 1. The van der Waals surface area contributed by atoms with Crippen molar-refractivity contribution in [2.24, 2.45) is 0 Å². The number of amides is 2. The zero-order valence-electron chi connectivity index (χ0n) is 15.3. The van der Waals surface area contributed by atoms with E-state index >= 15 is 0 Å². The van der Waals surface area contributed by atoms with Crippen molar-refractivity contribution >= 4 is 22.7 Å². The number of piperazine rings is 1. The van der Waals surface area contributed by atoms with E-state index < -0.39 is 0 Å². The summed E-state index contributed by atoms with van der Waals surface area (Å²) >= 11 is 0. The number of fused-ring (bicyclic) bond motifs is 3. The highest BCUT2D eigenvalue weighted by Gasteiger charge is 2.25. The minimum Gasteiger partial charge on any atom is -0.358 e. The van der Waals surface area contributed by atoms with Gasteiger partial charge in [0.1, 0.15) is 0 Å². The van der Waals surface area contributed by atoms with Gasteiger partial charge in [-0.15, -0.1) is 0 Å². The molecule has 138 valence electrons. The van der Waals surface area contributed by atoms with Crippen LogP contribution in [0.5, 0.6) is 0 Å². The molecule has 6 nitrogen and oxygen atoms in total. The van der Waals surface area contributed by atoms with Gasteiger partial charge < -0.3 is 19.7 Å². The number of nitrogens with zero attached hydrogens (tertiary/aromatic N) is 3. The van der Waals surface area contributed by atoms with Crippen molar-refractivity contribution in [3.8, 4) is 0 Å². The Morgan fingerprint density at radius 2 is 1.65 bits per heavy atom. The molecule has 2 amide bonds. The van der Waals surface area contributed by atoms with E-state index in [1.807, 2.05) is 21.9 Å². The Hall–Kier alpha value is -2.34. The highest BCUT2D eigenvalue weighted by molar-refractivity contribution is 5.87. The van der Waals surface area contributed by atoms with Crippen LogP contribution in [0.25, 0.3) is 10.9 Å². The number of benzene rings is 1. The van der Waals surface area contributed by atoms with Crippen molar-refractivity contribution in [1.29, 1.82) is 0 Å². The summed E-state index contributed by atoms with van der Waals surface area (Å²) < 4.78 is 0. The average molecular weight is 354 g/mol. The molecule has 0 saturated carbocycles. The van der Waals surface area contributed by atoms with E-state index in [-0.39, 0.29) is 11.8 Å². The van der Waals surface area contributed by atoms with Crippen LogP contribution < -0.4 is 0 Å². The molecule has 2 aliphatic rings. The van der Waals surface area contributed by atoms with Crippen LogP contribution in [0.4, 0.5) is 0 Å². The molecule has 6 heteroatoms. The molecular formula is C20H26N4O2. The Kier molecular flexibility index (Phi) is 4.68. The zero-order chi connectivity index (χ0) is 18.1. The number of hydrogen-bond acceptors (Lipinski definition) is 3. The van der Waals surface area contributed by atoms with Crippen LogP contribution in [0.2, 0.25) is 0 Å². The quantitative estimate of drug-likeness (QED) is 0.911. The van der Waals surface area contributed by atoms with Crippen molar-refractivity contribution in [2.45, 2.75) is 25.8 Å². The van der Waals surface area contributed by atoms with Gasteiger partial charge in [0.15, 0.2) is 0 Å². The summed E-state index contributed by atoms with van der Waals surface area (Å²) in [5, 5.41) is 1.20. The average Bonchev–Trinajstić information content (AvgIpc) is 3.04. The number of likely N-dealkylation sites (N-methyl/N-ethyl adjacent to an activating group) is 1. The predicted molar refractivity (Wildman–Crippen MR) is 101 cm³/mol. The predicted octanol–water partition coefficient (Wildman–Crippen LogP) is 1.61. The van der Waals surface area contributed by atoms with Crippen LogP contribution in [0.1, 0.15) is 24.1 Å². The first kappa shape index (κ1) is 17.1. The summed E-state index contributed by atoms with van der Waals surface area (Å²) in [5.41, 5.74) is 3.60. The van der Waals surface area contributed by atoms with Gasteiger partial charge in [0, 0.05) is 80.7 Å². The van der Waals surface area contributed by atoms with Crippen molar-refractivity contribution in [3.05, 3.63) is 35.5 Å². The maximum atomic E-state index is 12.6. The van der Waals surface area contributed by atoms with Crippen molar-refractivity contribution < 1.29 is 9.59 Å². The number of rotatable bonds is 3. The first-order valence-corrected chi connectivity index (χ1v) is 9.44. The van der Waals surface area contributed by atoms with Crippen LogP contribution in [0, 0.1) is 0 Å². The minimum absolute atomic E-state index is 0.0865. The molecule has 3 heterocycles. The smallest absolute Gasteiger partial charge is 0.223 e. The third-order valence-electron chi connectivity index (χ3n) is 5.64. The normalized spacial score (nSPS) is 18.2. The molecule has 1 saturated heterocycles. The fourth-order valence-electron chi connectivity index (χ4n) is 3.97. The summed E-state index contributed by atoms with van der Waals surface area (Å²) in [6, 6.07) is 8.24. The Labute approximate surface area is 153 Å². The van der Waals surface area contributed by atoms with Gasteiger partial charge in [-0.05, 0) is 13.1 Å². The van der Waals surface area contributed by atoms with Crippen LogP contribution in [0.3, 0.4) is 0 Å². The Morgan fingerprint density at radius 3 is 2.42 bits per heavy atom. The number of aromatic nitrogens is 1. The minimum atomic E-state index is 0.0865.